The Hall–Kier alpha value is -2.27. The highest BCUT2D eigenvalue weighted by molar-refractivity contribution is 7.80. The van der Waals surface area contributed by atoms with Crippen molar-refractivity contribution in [2.45, 2.75) is 19.8 Å². The number of fused-ring (bicyclic) bond motifs is 1. The fourth-order valence-corrected chi connectivity index (χ4v) is 3.33. The summed E-state index contributed by atoms with van der Waals surface area (Å²) in [5, 5.41) is 3.99. The minimum atomic E-state index is 0.673. The Bertz CT molecular complexity index is 761. The van der Waals surface area contributed by atoms with Gasteiger partial charge in [0.25, 0.3) is 0 Å². The van der Waals surface area contributed by atoms with E-state index in [1.807, 2.05) is 18.2 Å². The summed E-state index contributed by atoms with van der Waals surface area (Å²) in [6.45, 7) is 3.03. The third-order valence-electron chi connectivity index (χ3n) is 4.25. The molecule has 1 aliphatic rings. The first-order valence-corrected chi connectivity index (χ1v) is 8.43. The summed E-state index contributed by atoms with van der Waals surface area (Å²) in [6.07, 6.45) is 2.19. The quantitative estimate of drug-likeness (QED) is 0.847. The van der Waals surface area contributed by atoms with Gasteiger partial charge < -0.3 is 19.7 Å². The Morgan fingerprint density at radius 1 is 1.12 bits per heavy atom. The largest absolute Gasteiger partial charge is 0.497 e. The smallest absolute Gasteiger partial charge is 0.178 e. The molecule has 2 aromatic rings. The summed E-state index contributed by atoms with van der Waals surface area (Å²) in [4.78, 5) is 2.16. The lowest BCUT2D eigenvalue weighted by Crippen LogP contribution is -2.38. The second-order valence-corrected chi connectivity index (χ2v) is 6.27. The van der Waals surface area contributed by atoms with Crippen molar-refractivity contribution in [3.63, 3.8) is 0 Å². The molecule has 0 aromatic heterocycles. The summed E-state index contributed by atoms with van der Waals surface area (Å²) in [5.74, 6) is 1.50. The van der Waals surface area contributed by atoms with Crippen molar-refractivity contribution in [2.75, 3.05) is 31.0 Å². The molecule has 0 radical (unpaired) electrons. The van der Waals surface area contributed by atoms with Crippen LogP contribution >= 0.6 is 12.2 Å². The number of thiocarbonyl (C=S) groups is 1. The molecule has 4 nitrogen and oxygen atoms in total. The summed E-state index contributed by atoms with van der Waals surface area (Å²) in [5.41, 5.74) is 4.62. The molecule has 0 saturated heterocycles. The van der Waals surface area contributed by atoms with Gasteiger partial charge in [0.1, 0.15) is 11.5 Å². The highest BCUT2D eigenvalue weighted by atomic mass is 32.1. The van der Waals surface area contributed by atoms with Crippen LogP contribution in [-0.4, -0.2) is 25.9 Å². The number of aryl methyl sites for hydroxylation is 2. The van der Waals surface area contributed by atoms with Crippen molar-refractivity contribution in [2.24, 2.45) is 0 Å². The molecule has 0 aliphatic carbocycles. The van der Waals surface area contributed by atoms with Crippen molar-refractivity contribution < 1.29 is 9.47 Å². The fraction of sp³-hybridized carbons (Fsp3) is 0.316. The number of ether oxygens (including phenoxy) is 2. The summed E-state index contributed by atoms with van der Waals surface area (Å²) in [7, 11) is 3.29. The number of nitrogens with one attached hydrogen (secondary N) is 1. The van der Waals surface area contributed by atoms with Crippen LogP contribution in [0, 0.1) is 6.92 Å². The molecule has 3 rings (SSSR count). The molecule has 1 heterocycles. The molecular formula is C19H22N2O2S. The lowest BCUT2D eigenvalue weighted by Gasteiger charge is -2.32. The van der Waals surface area contributed by atoms with E-state index in [1.54, 1.807) is 14.2 Å². The van der Waals surface area contributed by atoms with Gasteiger partial charge in [0, 0.05) is 18.3 Å². The molecule has 5 heteroatoms. The third kappa shape index (κ3) is 3.31. The van der Waals surface area contributed by atoms with E-state index >= 15 is 0 Å². The Kier molecular flexibility index (Phi) is 4.90. The highest BCUT2D eigenvalue weighted by Crippen LogP contribution is 2.32. The average molecular weight is 342 g/mol. The summed E-state index contributed by atoms with van der Waals surface area (Å²) < 4.78 is 10.7. The van der Waals surface area contributed by atoms with E-state index in [1.165, 1.54) is 16.8 Å². The first kappa shape index (κ1) is 16.6. The molecule has 2 aromatic carbocycles. The summed E-state index contributed by atoms with van der Waals surface area (Å²) >= 11 is 5.67. The monoisotopic (exact) mass is 342 g/mol. The van der Waals surface area contributed by atoms with Crippen molar-refractivity contribution in [3.8, 4) is 11.5 Å². The Morgan fingerprint density at radius 2 is 1.96 bits per heavy atom. The van der Waals surface area contributed by atoms with E-state index in [0.29, 0.717) is 5.11 Å². The molecule has 1 N–H and O–H groups in total. The van der Waals surface area contributed by atoms with Gasteiger partial charge in [-0.3, -0.25) is 0 Å². The van der Waals surface area contributed by atoms with Crippen LogP contribution in [-0.2, 0) is 6.42 Å². The van der Waals surface area contributed by atoms with Crippen molar-refractivity contribution in [1.82, 2.24) is 0 Å². The van der Waals surface area contributed by atoms with E-state index in [4.69, 9.17) is 21.7 Å². The maximum absolute atomic E-state index is 5.67. The molecule has 0 fully saturated rings. The molecule has 0 amide bonds. The normalized spacial score (nSPS) is 13.2. The zero-order valence-electron chi connectivity index (χ0n) is 14.3. The van der Waals surface area contributed by atoms with Crippen LogP contribution in [0.3, 0.4) is 0 Å². The Labute approximate surface area is 148 Å². The lowest BCUT2D eigenvalue weighted by molar-refractivity contribution is 0.405. The van der Waals surface area contributed by atoms with Crippen LogP contribution in [0.1, 0.15) is 17.5 Å². The van der Waals surface area contributed by atoms with Gasteiger partial charge in [-0.05, 0) is 55.7 Å². The number of anilines is 2. The number of nitrogens with zero attached hydrogens (tertiary/aromatic N) is 1. The number of benzene rings is 2. The highest BCUT2D eigenvalue weighted by Gasteiger charge is 2.21. The standard InChI is InChI=1S/C19H22N2O2S/c1-13-6-8-17-14(11-13)5-4-10-21(17)19(24)20-16-12-15(22-2)7-9-18(16)23-3/h6-9,11-12H,4-5,10H2,1-3H3,(H,20,24). The van der Waals surface area contributed by atoms with Crippen LogP contribution in [0.5, 0.6) is 11.5 Å². The van der Waals surface area contributed by atoms with Crippen LogP contribution in [0.2, 0.25) is 0 Å². The molecule has 1 aliphatic heterocycles. The first-order chi connectivity index (χ1) is 11.6. The van der Waals surface area contributed by atoms with Crippen molar-refractivity contribution in [3.05, 3.63) is 47.5 Å². The Morgan fingerprint density at radius 3 is 2.71 bits per heavy atom. The molecule has 0 saturated carbocycles. The fourth-order valence-electron chi connectivity index (χ4n) is 3.03. The van der Waals surface area contributed by atoms with E-state index in [0.717, 1.165) is 36.6 Å². The van der Waals surface area contributed by atoms with E-state index in [2.05, 4.69) is 35.3 Å². The second-order valence-electron chi connectivity index (χ2n) is 5.88. The molecule has 0 spiro atoms. The van der Waals surface area contributed by atoms with Gasteiger partial charge in [0.05, 0.1) is 19.9 Å². The topological polar surface area (TPSA) is 33.7 Å². The lowest BCUT2D eigenvalue weighted by atomic mass is 10.00. The Balaban J connectivity index is 1.87. The van der Waals surface area contributed by atoms with E-state index in [9.17, 15) is 0 Å². The minimum absolute atomic E-state index is 0.673. The van der Waals surface area contributed by atoms with Gasteiger partial charge in [-0.1, -0.05) is 17.7 Å². The molecular weight excluding hydrogens is 320 g/mol. The minimum Gasteiger partial charge on any atom is -0.497 e. The number of hydrogen-bond donors (Lipinski definition) is 1. The van der Waals surface area contributed by atoms with Crippen LogP contribution < -0.4 is 19.7 Å². The van der Waals surface area contributed by atoms with Crippen LogP contribution in [0.4, 0.5) is 11.4 Å². The van der Waals surface area contributed by atoms with Crippen LogP contribution in [0.15, 0.2) is 36.4 Å². The van der Waals surface area contributed by atoms with Crippen molar-refractivity contribution >= 4 is 28.7 Å². The van der Waals surface area contributed by atoms with Gasteiger partial charge in [0.2, 0.25) is 0 Å². The van der Waals surface area contributed by atoms with E-state index < -0.39 is 0 Å². The molecule has 0 unspecified atom stereocenters. The van der Waals surface area contributed by atoms with Gasteiger partial charge in [-0.25, -0.2) is 0 Å². The predicted molar refractivity (Wildman–Crippen MR) is 103 cm³/mol. The molecule has 0 bridgehead atoms. The van der Waals surface area contributed by atoms with E-state index in [-0.39, 0.29) is 0 Å². The van der Waals surface area contributed by atoms with Gasteiger partial charge >= 0.3 is 0 Å². The van der Waals surface area contributed by atoms with Gasteiger partial charge in [-0.15, -0.1) is 0 Å². The third-order valence-corrected chi connectivity index (χ3v) is 4.57. The number of methoxy groups -OCH3 is 2. The molecule has 126 valence electrons. The van der Waals surface area contributed by atoms with Crippen molar-refractivity contribution in [1.29, 1.82) is 0 Å². The molecule has 0 atom stereocenters. The van der Waals surface area contributed by atoms with Gasteiger partial charge in [0.15, 0.2) is 5.11 Å². The zero-order chi connectivity index (χ0) is 17.1. The zero-order valence-corrected chi connectivity index (χ0v) is 15.1. The van der Waals surface area contributed by atoms with Gasteiger partial charge in [-0.2, -0.15) is 0 Å². The number of hydrogen-bond acceptors (Lipinski definition) is 3. The maximum atomic E-state index is 5.67. The van der Waals surface area contributed by atoms with Crippen LogP contribution in [0.25, 0.3) is 0 Å². The summed E-state index contributed by atoms with van der Waals surface area (Å²) in [6, 6.07) is 12.2. The first-order valence-electron chi connectivity index (χ1n) is 8.02. The average Bonchev–Trinajstić information content (AvgIpc) is 2.60. The SMILES string of the molecule is COc1ccc(OC)c(NC(=S)N2CCCc3cc(C)ccc32)c1. The molecule has 24 heavy (non-hydrogen) atoms. The predicted octanol–water partition coefficient (Wildman–Crippen LogP) is 4.16. The number of rotatable bonds is 3. The second kappa shape index (κ2) is 7.09. The maximum Gasteiger partial charge on any atom is 0.178 e.